The van der Waals surface area contributed by atoms with Gasteiger partial charge in [-0.3, -0.25) is 0 Å². The largest absolute Gasteiger partial charge is 0.385 e. The predicted molar refractivity (Wildman–Crippen MR) is 73.0 cm³/mol. The lowest BCUT2D eigenvalue weighted by Gasteiger charge is -2.16. The quantitative estimate of drug-likeness (QED) is 0.775. The average Bonchev–Trinajstić information content (AvgIpc) is 2.30. The molecule has 2 nitrogen and oxygen atoms in total. The van der Waals surface area contributed by atoms with E-state index in [4.69, 9.17) is 5.26 Å². The topological polar surface area (TPSA) is 35.8 Å². The third-order valence-corrected chi connectivity index (χ3v) is 3.20. The first-order valence-corrected chi connectivity index (χ1v) is 6.17. The summed E-state index contributed by atoms with van der Waals surface area (Å²) in [5.41, 5.74) is 3.63. The van der Waals surface area contributed by atoms with Gasteiger partial charge in [0, 0.05) is 12.2 Å². The summed E-state index contributed by atoms with van der Waals surface area (Å²) in [6.45, 7) is 9.17. The van der Waals surface area contributed by atoms with Crippen molar-refractivity contribution in [1.29, 1.82) is 5.26 Å². The Morgan fingerprint density at radius 1 is 1.29 bits per heavy atom. The van der Waals surface area contributed by atoms with E-state index >= 15 is 0 Å². The van der Waals surface area contributed by atoms with Crippen LogP contribution in [0.3, 0.4) is 0 Å². The van der Waals surface area contributed by atoms with Crippen molar-refractivity contribution in [2.24, 2.45) is 5.41 Å². The van der Waals surface area contributed by atoms with Gasteiger partial charge in [0.1, 0.15) is 0 Å². The number of hydrogen-bond donors (Lipinski definition) is 1. The van der Waals surface area contributed by atoms with Crippen LogP contribution in [-0.4, -0.2) is 6.54 Å². The molecular formula is C15H22N2. The molecule has 1 N–H and O–H groups in total. The minimum atomic E-state index is -0.205. The summed E-state index contributed by atoms with van der Waals surface area (Å²) in [6.07, 6.45) is 1.95. The van der Waals surface area contributed by atoms with Gasteiger partial charge >= 0.3 is 0 Å². The van der Waals surface area contributed by atoms with Crippen LogP contribution in [-0.2, 0) is 0 Å². The van der Waals surface area contributed by atoms with Gasteiger partial charge in [0.25, 0.3) is 0 Å². The summed E-state index contributed by atoms with van der Waals surface area (Å²) in [7, 11) is 0. The summed E-state index contributed by atoms with van der Waals surface area (Å²) in [4.78, 5) is 0. The first-order chi connectivity index (χ1) is 7.96. The molecule has 1 aromatic rings. The fraction of sp³-hybridized carbons (Fsp3) is 0.533. The molecule has 0 aliphatic heterocycles. The minimum absolute atomic E-state index is 0.205. The fourth-order valence-electron chi connectivity index (χ4n) is 1.75. The molecule has 2 heteroatoms. The lowest BCUT2D eigenvalue weighted by Crippen LogP contribution is -2.11. The molecule has 0 unspecified atom stereocenters. The van der Waals surface area contributed by atoms with Gasteiger partial charge in [0.2, 0.25) is 0 Å². The van der Waals surface area contributed by atoms with Crippen LogP contribution in [0.1, 0.15) is 37.8 Å². The molecule has 1 aromatic carbocycles. The molecule has 0 amide bonds. The highest BCUT2D eigenvalue weighted by molar-refractivity contribution is 5.53. The van der Waals surface area contributed by atoms with E-state index in [2.05, 4.69) is 43.4 Å². The predicted octanol–water partition coefficient (Wildman–Crippen LogP) is 4.05. The van der Waals surface area contributed by atoms with E-state index in [1.165, 1.54) is 16.8 Å². The zero-order chi connectivity index (χ0) is 12.9. The summed E-state index contributed by atoms with van der Waals surface area (Å²) in [5, 5.41) is 12.4. The molecule has 0 radical (unpaired) electrons. The van der Waals surface area contributed by atoms with Crippen molar-refractivity contribution >= 4 is 5.69 Å². The van der Waals surface area contributed by atoms with Crippen LogP contribution < -0.4 is 5.32 Å². The maximum atomic E-state index is 8.92. The Balaban J connectivity index is 2.42. The molecule has 0 aliphatic carbocycles. The van der Waals surface area contributed by atoms with Gasteiger partial charge in [-0.25, -0.2) is 0 Å². The normalized spacial score (nSPS) is 11.0. The highest BCUT2D eigenvalue weighted by Gasteiger charge is 2.15. The molecule has 0 fully saturated rings. The van der Waals surface area contributed by atoms with Gasteiger partial charge in [0.15, 0.2) is 0 Å². The molecule has 1 rings (SSSR count). The summed E-state index contributed by atoms with van der Waals surface area (Å²) in [6, 6.07) is 8.64. The van der Waals surface area contributed by atoms with Crippen LogP contribution in [0, 0.1) is 30.6 Å². The third kappa shape index (κ3) is 4.11. The van der Waals surface area contributed by atoms with E-state index in [1.807, 2.05) is 13.8 Å². The van der Waals surface area contributed by atoms with Crippen molar-refractivity contribution in [2.45, 2.75) is 40.5 Å². The molecule has 0 saturated heterocycles. The fourth-order valence-corrected chi connectivity index (χ4v) is 1.75. The van der Waals surface area contributed by atoms with Gasteiger partial charge in [0.05, 0.1) is 11.5 Å². The molecule has 0 atom stereocenters. The molecule has 0 bridgehead atoms. The van der Waals surface area contributed by atoms with Crippen molar-refractivity contribution in [1.82, 2.24) is 0 Å². The summed E-state index contributed by atoms with van der Waals surface area (Å²) >= 11 is 0. The van der Waals surface area contributed by atoms with Gasteiger partial charge in [-0.05, 0) is 57.7 Å². The summed E-state index contributed by atoms with van der Waals surface area (Å²) < 4.78 is 0. The molecule has 17 heavy (non-hydrogen) atoms. The lowest BCUT2D eigenvalue weighted by molar-refractivity contribution is 0.441. The SMILES string of the molecule is Cc1cccc(NCCCC(C)(C)C#N)c1C. The average molecular weight is 230 g/mol. The van der Waals surface area contributed by atoms with Crippen molar-refractivity contribution in [3.8, 4) is 6.07 Å². The number of anilines is 1. The first-order valence-electron chi connectivity index (χ1n) is 6.17. The molecule has 92 valence electrons. The van der Waals surface area contributed by atoms with Crippen LogP contribution in [0.25, 0.3) is 0 Å². The van der Waals surface area contributed by atoms with E-state index < -0.39 is 0 Å². The van der Waals surface area contributed by atoms with Crippen LogP contribution >= 0.6 is 0 Å². The van der Waals surface area contributed by atoms with Crippen molar-refractivity contribution < 1.29 is 0 Å². The van der Waals surface area contributed by atoms with Gasteiger partial charge in [-0.2, -0.15) is 5.26 Å². The Hall–Kier alpha value is -1.49. The van der Waals surface area contributed by atoms with Crippen LogP contribution in [0.4, 0.5) is 5.69 Å². The minimum Gasteiger partial charge on any atom is -0.385 e. The lowest BCUT2D eigenvalue weighted by atomic mass is 9.90. The Kier molecular flexibility index (Phi) is 4.57. The van der Waals surface area contributed by atoms with Crippen LogP contribution in [0.5, 0.6) is 0 Å². The van der Waals surface area contributed by atoms with Gasteiger partial charge in [-0.1, -0.05) is 12.1 Å². The van der Waals surface area contributed by atoms with Crippen LogP contribution in [0.15, 0.2) is 18.2 Å². The van der Waals surface area contributed by atoms with Crippen molar-refractivity contribution in [2.75, 3.05) is 11.9 Å². The number of nitrogens with one attached hydrogen (secondary N) is 1. The summed E-state index contributed by atoms with van der Waals surface area (Å²) in [5.74, 6) is 0. The number of benzene rings is 1. The molecule has 0 aromatic heterocycles. The third-order valence-electron chi connectivity index (χ3n) is 3.20. The van der Waals surface area contributed by atoms with Gasteiger partial charge < -0.3 is 5.32 Å². The molecule has 0 spiro atoms. The Morgan fingerprint density at radius 3 is 2.65 bits per heavy atom. The second-order valence-corrected chi connectivity index (χ2v) is 5.27. The first kappa shape index (κ1) is 13.6. The Bertz CT molecular complexity index is 413. The van der Waals surface area contributed by atoms with Crippen molar-refractivity contribution in [3.05, 3.63) is 29.3 Å². The van der Waals surface area contributed by atoms with Crippen molar-refractivity contribution in [3.63, 3.8) is 0 Å². The zero-order valence-electron chi connectivity index (χ0n) is 11.3. The monoisotopic (exact) mass is 230 g/mol. The number of nitrogens with zero attached hydrogens (tertiary/aromatic N) is 1. The number of rotatable bonds is 5. The number of nitriles is 1. The van der Waals surface area contributed by atoms with E-state index in [0.29, 0.717) is 0 Å². The Morgan fingerprint density at radius 2 is 2.00 bits per heavy atom. The van der Waals surface area contributed by atoms with E-state index in [1.54, 1.807) is 0 Å². The number of aryl methyl sites for hydroxylation is 1. The highest BCUT2D eigenvalue weighted by atomic mass is 14.9. The standard InChI is InChI=1S/C15H22N2/c1-12-7-5-8-14(13(12)2)17-10-6-9-15(3,4)11-16/h5,7-8,17H,6,9-10H2,1-4H3. The highest BCUT2D eigenvalue weighted by Crippen LogP contribution is 2.22. The molecular weight excluding hydrogens is 208 g/mol. The Labute approximate surface area is 105 Å². The second kappa shape index (κ2) is 5.72. The maximum absolute atomic E-state index is 8.92. The molecule has 0 heterocycles. The smallest absolute Gasteiger partial charge is 0.0683 e. The second-order valence-electron chi connectivity index (χ2n) is 5.27. The van der Waals surface area contributed by atoms with E-state index in [-0.39, 0.29) is 5.41 Å². The van der Waals surface area contributed by atoms with E-state index in [0.717, 1.165) is 19.4 Å². The zero-order valence-corrected chi connectivity index (χ0v) is 11.3. The molecule has 0 saturated carbocycles. The van der Waals surface area contributed by atoms with Crippen LogP contribution in [0.2, 0.25) is 0 Å². The maximum Gasteiger partial charge on any atom is 0.0683 e. The van der Waals surface area contributed by atoms with E-state index in [9.17, 15) is 0 Å². The molecule has 0 aliphatic rings. The van der Waals surface area contributed by atoms with Gasteiger partial charge in [-0.15, -0.1) is 0 Å². The number of hydrogen-bond acceptors (Lipinski definition) is 2.